The third-order valence-electron chi connectivity index (χ3n) is 6.05. The Hall–Kier alpha value is -4.76. The number of benzene rings is 3. The maximum Gasteiger partial charge on any atom is 0.338 e. The summed E-state index contributed by atoms with van der Waals surface area (Å²) in [6, 6.07) is 19.0. The van der Waals surface area contributed by atoms with Crippen LogP contribution in [0.25, 0.3) is 22.3 Å². The average Bonchev–Trinajstić information content (AvgIpc) is 3.01. The van der Waals surface area contributed by atoms with Gasteiger partial charge >= 0.3 is 17.9 Å². The summed E-state index contributed by atoms with van der Waals surface area (Å²) in [7, 11) is 0. The molecule has 230 valence electrons. The van der Waals surface area contributed by atoms with E-state index in [2.05, 4.69) is 25.8 Å². The number of esters is 3. The Balaban J connectivity index is 1.82. The molecule has 0 atom stereocenters. The summed E-state index contributed by atoms with van der Waals surface area (Å²) in [6.45, 7) is 15.8. The molecule has 0 saturated heterocycles. The van der Waals surface area contributed by atoms with Gasteiger partial charge in [-0.25, -0.2) is 14.4 Å². The molecule has 0 heterocycles. The second kappa shape index (κ2) is 16.2. The van der Waals surface area contributed by atoms with Crippen molar-refractivity contribution in [1.82, 2.24) is 0 Å². The molecule has 0 aliphatic heterocycles. The minimum atomic E-state index is -0.495. The summed E-state index contributed by atoms with van der Waals surface area (Å²) < 4.78 is 27.4. The summed E-state index contributed by atoms with van der Waals surface area (Å²) in [5, 5.41) is 0. The molecule has 0 aliphatic rings. The van der Waals surface area contributed by atoms with E-state index in [4.69, 9.17) is 23.7 Å². The smallest absolute Gasteiger partial charge is 0.338 e. The van der Waals surface area contributed by atoms with Gasteiger partial charge in [-0.15, -0.1) is 11.8 Å². The van der Waals surface area contributed by atoms with Crippen LogP contribution in [-0.2, 0) is 23.9 Å². The first kappa shape index (κ1) is 33.7. The van der Waals surface area contributed by atoms with Gasteiger partial charge in [-0.1, -0.05) is 50.1 Å². The van der Waals surface area contributed by atoms with Crippen LogP contribution >= 0.6 is 11.8 Å². The van der Waals surface area contributed by atoms with Crippen molar-refractivity contribution in [3.63, 3.8) is 0 Å². The van der Waals surface area contributed by atoms with Crippen LogP contribution in [0.1, 0.15) is 20.8 Å². The number of thioether (sulfide) groups is 1. The molecule has 3 rings (SSSR count). The zero-order valence-corrected chi connectivity index (χ0v) is 26.2. The van der Waals surface area contributed by atoms with Gasteiger partial charge in [0.05, 0.1) is 0 Å². The third-order valence-corrected chi connectivity index (χ3v) is 6.83. The monoisotopic (exact) mass is 616 g/mol. The Kier molecular flexibility index (Phi) is 12.4. The Morgan fingerprint density at radius 3 is 1.68 bits per heavy atom. The minimum Gasteiger partial charge on any atom is -0.486 e. The number of ether oxygens (including phenoxy) is 5. The second-order valence-electron chi connectivity index (χ2n) is 9.80. The lowest BCUT2D eigenvalue weighted by Gasteiger charge is -2.16. The van der Waals surface area contributed by atoms with Gasteiger partial charge in [0.25, 0.3) is 0 Å². The molecule has 0 N–H and O–H groups in total. The van der Waals surface area contributed by atoms with Crippen LogP contribution in [-0.4, -0.2) is 50.6 Å². The van der Waals surface area contributed by atoms with Crippen molar-refractivity contribution >= 4 is 29.7 Å². The predicted molar refractivity (Wildman–Crippen MR) is 172 cm³/mol. The molecule has 0 bridgehead atoms. The van der Waals surface area contributed by atoms with Crippen molar-refractivity contribution in [2.75, 3.05) is 32.7 Å². The van der Waals surface area contributed by atoms with Gasteiger partial charge < -0.3 is 23.7 Å². The van der Waals surface area contributed by atoms with Crippen molar-refractivity contribution in [2.45, 2.75) is 25.7 Å². The largest absolute Gasteiger partial charge is 0.486 e. The first-order valence-corrected chi connectivity index (χ1v) is 14.9. The van der Waals surface area contributed by atoms with E-state index in [1.54, 1.807) is 50.7 Å². The Bertz CT molecular complexity index is 1560. The Labute approximate surface area is 262 Å². The predicted octanol–water partition coefficient (Wildman–Crippen LogP) is 7.22. The van der Waals surface area contributed by atoms with E-state index in [0.717, 1.165) is 27.1 Å². The maximum absolute atomic E-state index is 11.8. The fraction of sp³-hybridized carbons (Fsp3) is 0.229. The van der Waals surface area contributed by atoms with Crippen LogP contribution in [0.2, 0.25) is 0 Å². The second-order valence-corrected chi connectivity index (χ2v) is 10.6. The van der Waals surface area contributed by atoms with Crippen molar-refractivity contribution in [3.8, 4) is 39.5 Å². The van der Waals surface area contributed by atoms with Gasteiger partial charge in [0.1, 0.15) is 32.2 Å². The summed E-state index contributed by atoms with van der Waals surface area (Å²) in [6.07, 6.45) is 2.00. The van der Waals surface area contributed by atoms with Gasteiger partial charge in [0.15, 0.2) is 11.5 Å². The van der Waals surface area contributed by atoms with E-state index in [0.29, 0.717) is 34.0 Å². The van der Waals surface area contributed by atoms with Crippen molar-refractivity contribution in [2.24, 2.45) is 0 Å². The van der Waals surface area contributed by atoms with E-state index in [1.807, 2.05) is 42.7 Å². The standard InChI is InChI=1S/C35H36O8S/c1-22(2)33(36)41-18-16-39-30-15-11-27(20-31(30)40-17-19-42-34(37)23(3)4)29-14-10-26(21-32(29)44-7)25-8-12-28(13-9-25)43-35(38)24(5)6/h8-15,20-21H,1,3,5,16-19H2,2,4,6-7H3. The van der Waals surface area contributed by atoms with Crippen molar-refractivity contribution in [3.05, 3.63) is 97.1 Å². The minimum absolute atomic E-state index is 0.0293. The van der Waals surface area contributed by atoms with Gasteiger partial charge in [0, 0.05) is 21.6 Å². The molecule has 0 amide bonds. The third kappa shape index (κ3) is 9.64. The lowest BCUT2D eigenvalue weighted by molar-refractivity contribution is -0.140. The zero-order chi connectivity index (χ0) is 32.2. The molecule has 44 heavy (non-hydrogen) atoms. The summed E-state index contributed by atoms with van der Waals surface area (Å²) >= 11 is 1.60. The fourth-order valence-corrected chi connectivity index (χ4v) is 4.40. The van der Waals surface area contributed by atoms with Crippen LogP contribution in [0.5, 0.6) is 17.2 Å². The molecule has 3 aromatic rings. The SMILES string of the molecule is C=C(C)C(=O)OCCOc1ccc(-c2ccc(-c3ccc(OC(=O)C(=C)C)cc3)cc2SC)cc1OCCOC(=O)C(=C)C. The molecule has 0 spiro atoms. The molecule has 0 aromatic heterocycles. The quantitative estimate of drug-likeness (QED) is 0.0576. The topological polar surface area (TPSA) is 97.4 Å². The average molecular weight is 617 g/mol. The lowest BCUT2D eigenvalue weighted by atomic mass is 9.99. The highest BCUT2D eigenvalue weighted by atomic mass is 32.2. The molecule has 0 fully saturated rings. The van der Waals surface area contributed by atoms with Gasteiger partial charge in [0.2, 0.25) is 0 Å². The zero-order valence-electron chi connectivity index (χ0n) is 25.4. The number of carbonyl (C=O) groups excluding carboxylic acids is 3. The lowest BCUT2D eigenvalue weighted by Crippen LogP contribution is -2.14. The van der Waals surface area contributed by atoms with E-state index in [9.17, 15) is 14.4 Å². The molecule has 8 nitrogen and oxygen atoms in total. The number of rotatable bonds is 15. The van der Waals surface area contributed by atoms with Crippen molar-refractivity contribution < 1.29 is 38.1 Å². The highest BCUT2D eigenvalue weighted by Gasteiger charge is 2.14. The fourth-order valence-electron chi connectivity index (χ4n) is 3.74. The van der Waals surface area contributed by atoms with E-state index in [1.165, 1.54) is 0 Å². The van der Waals surface area contributed by atoms with Crippen LogP contribution < -0.4 is 14.2 Å². The Morgan fingerprint density at radius 2 is 1.14 bits per heavy atom. The first-order chi connectivity index (χ1) is 21.0. The van der Waals surface area contributed by atoms with E-state index in [-0.39, 0.29) is 26.4 Å². The van der Waals surface area contributed by atoms with Crippen LogP contribution in [0, 0.1) is 0 Å². The summed E-state index contributed by atoms with van der Waals surface area (Å²) in [4.78, 5) is 36.3. The molecule has 0 unspecified atom stereocenters. The van der Waals surface area contributed by atoms with Crippen LogP contribution in [0.15, 0.2) is 102 Å². The highest BCUT2D eigenvalue weighted by Crippen LogP contribution is 2.38. The maximum atomic E-state index is 11.8. The van der Waals surface area contributed by atoms with Gasteiger partial charge in [-0.05, 0) is 79.6 Å². The Morgan fingerprint density at radius 1 is 0.614 bits per heavy atom. The van der Waals surface area contributed by atoms with Crippen LogP contribution in [0.4, 0.5) is 0 Å². The highest BCUT2D eigenvalue weighted by molar-refractivity contribution is 7.98. The number of carbonyl (C=O) groups is 3. The van der Waals surface area contributed by atoms with E-state index < -0.39 is 17.9 Å². The molecule has 0 radical (unpaired) electrons. The first-order valence-electron chi connectivity index (χ1n) is 13.7. The molecule has 9 heteroatoms. The van der Waals surface area contributed by atoms with Crippen LogP contribution in [0.3, 0.4) is 0 Å². The van der Waals surface area contributed by atoms with E-state index >= 15 is 0 Å². The number of hydrogen-bond donors (Lipinski definition) is 0. The molecule has 0 saturated carbocycles. The molecule has 3 aromatic carbocycles. The number of hydrogen-bond acceptors (Lipinski definition) is 9. The van der Waals surface area contributed by atoms with Gasteiger partial charge in [-0.2, -0.15) is 0 Å². The molecular weight excluding hydrogens is 580 g/mol. The molecule has 0 aliphatic carbocycles. The summed E-state index contributed by atoms with van der Waals surface area (Å²) in [5.74, 6) is -0.121. The van der Waals surface area contributed by atoms with Gasteiger partial charge in [-0.3, -0.25) is 0 Å². The van der Waals surface area contributed by atoms with Crippen molar-refractivity contribution in [1.29, 1.82) is 0 Å². The molecular formula is C35H36O8S. The normalized spacial score (nSPS) is 10.4. The summed E-state index contributed by atoms with van der Waals surface area (Å²) in [5.41, 5.74) is 4.77.